The van der Waals surface area contributed by atoms with Crippen LogP contribution in [-0.2, 0) is 10.1 Å². The van der Waals surface area contributed by atoms with Gasteiger partial charge in [-0.05, 0) is 97.1 Å². The molecule has 0 spiro atoms. The zero-order valence-electron chi connectivity index (χ0n) is 22.9. The summed E-state index contributed by atoms with van der Waals surface area (Å²) in [5, 5.41) is 25.0. The first-order valence-corrected chi connectivity index (χ1v) is 13.7. The molecule has 0 saturated carbocycles. The molecule has 0 aliphatic heterocycles. The second-order valence-electron chi connectivity index (χ2n) is 9.04. The van der Waals surface area contributed by atoms with Gasteiger partial charge in [0.05, 0.1) is 33.2 Å². The van der Waals surface area contributed by atoms with Crippen molar-refractivity contribution >= 4 is 50.2 Å². The predicted octanol–water partition coefficient (Wildman–Crippen LogP) is 7.28. The van der Waals surface area contributed by atoms with Gasteiger partial charge in [-0.3, -0.25) is 4.55 Å². The van der Waals surface area contributed by atoms with E-state index in [1.54, 1.807) is 12.1 Å². The fourth-order valence-corrected chi connectivity index (χ4v) is 3.70. The van der Waals surface area contributed by atoms with Crippen molar-refractivity contribution < 1.29 is 22.9 Å². The molecule has 0 radical (unpaired) electrons. The molecule has 212 valence electrons. The van der Waals surface area contributed by atoms with Crippen LogP contribution in [0, 0.1) is 0 Å². The molecule has 41 heavy (non-hydrogen) atoms. The van der Waals surface area contributed by atoms with Crippen LogP contribution in [0.15, 0.2) is 122 Å². The number of hydrogen-bond donors (Lipinski definition) is 2. The lowest BCUT2D eigenvalue weighted by atomic mass is 10.2. The van der Waals surface area contributed by atoms with E-state index in [0.29, 0.717) is 17.1 Å². The largest absolute Gasteiger partial charge is 0.478 e. The molecule has 0 aromatic heterocycles. The van der Waals surface area contributed by atoms with E-state index in [2.05, 4.69) is 20.5 Å². The second kappa shape index (κ2) is 13.9. The van der Waals surface area contributed by atoms with Gasteiger partial charge in [0.1, 0.15) is 0 Å². The molecule has 0 amide bonds. The Hall–Kier alpha value is -4.94. The number of anilines is 2. The van der Waals surface area contributed by atoms with Gasteiger partial charge < -0.3 is 14.9 Å². The molecule has 0 aliphatic carbocycles. The molecule has 0 atom stereocenters. The van der Waals surface area contributed by atoms with Gasteiger partial charge in [0, 0.05) is 39.6 Å². The summed E-state index contributed by atoms with van der Waals surface area (Å²) < 4.78 is 30.7. The Morgan fingerprint density at radius 3 is 1.12 bits per heavy atom. The van der Waals surface area contributed by atoms with Gasteiger partial charge in [0.25, 0.3) is 10.1 Å². The van der Waals surface area contributed by atoms with Gasteiger partial charge in [0.2, 0.25) is 0 Å². The van der Waals surface area contributed by atoms with Crippen molar-refractivity contribution in [2.75, 3.05) is 38.0 Å². The summed E-state index contributed by atoms with van der Waals surface area (Å²) in [6.07, 6.45) is 0. The van der Waals surface area contributed by atoms with Crippen molar-refractivity contribution in [1.29, 1.82) is 0 Å². The van der Waals surface area contributed by atoms with Crippen molar-refractivity contribution in [3.63, 3.8) is 0 Å². The average molecular weight is 575 g/mol. The summed E-state index contributed by atoms with van der Waals surface area (Å²) in [5.74, 6) is -0.951. The van der Waals surface area contributed by atoms with Crippen LogP contribution < -0.4 is 9.80 Å². The zero-order chi connectivity index (χ0) is 30.0. The van der Waals surface area contributed by atoms with E-state index in [1.807, 2.05) is 86.5 Å². The number of benzene rings is 4. The minimum atomic E-state index is -4.18. The fourth-order valence-electron chi connectivity index (χ4n) is 3.22. The zero-order valence-corrected chi connectivity index (χ0v) is 23.8. The maximum atomic E-state index is 10.9. The van der Waals surface area contributed by atoms with Crippen LogP contribution in [0.4, 0.5) is 34.1 Å². The van der Waals surface area contributed by atoms with Crippen molar-refractivity contribution in [2.45, 2.75) is 4.90 Å². The molecule has 0 fully saturated rings. The highest BCUT2D eigenvalue weighted by atomic mass is 32.2. The molecule has 4 rings (SSSR count). The lowest BCUT2D eigenvalue weighted by Gasteiger charge is -2.11. The van der Waals surface area contributed by atoms with Crippen LogP contribution in [-0.4, -0.2) is 52.2 Å². The van der Waals surface area contributed by atoms with Gasteiger partial charge >= 0.3 is 5.97 Å². The molecule has 4 aromatic rings. The Kier molecular flexibility index (Phi) is 10.4. The first-order valence-electron chi connectivity index (χ1n) is 12.2. The number of aromatic carboxylic acids is 1. The molecule has 0 bridgehead atoms. The molecule has 4 aromatic carbocycles. The van der Waals surface area contributed by atoms with E-state index >= 15 is 0 Å². The Bertz CT molecular complexity index is 1600. The summed E-state index contributed by atoms with van der Waals surface area (Å²) in [6.45, 7) is 0. The van der Waals surface area contributed by atoms with Gasteiger partial charge in [-0.25, -0.2) is 4.79 Å². The third kappa shape index (κ3) is 9.64. The fraction of sp³-hybridized carbons (Fsp3) is 0.138. The van der Waals surface area contributed by atoms with Crippen LogP contribution in [0.2, 0.25) is 0 Å². The molecule has 0 aliphatic rings. The van der Waals surface area contributed by atoms with Gasteiger partial charge in [-0.2, -0.15) is 28.9 Å². The van der Waals surface area contributed by atoms with E-state index in [9.17, 15) is 13.2 Å². The van der Waals surface area contributed by atoms with Crippen LogP contribution in [0.3, 0.4) is 0 Å². The number of rotatable bonds is 8. The van der Waals surface area contributed by atoms with Crippen LogP contribution >= 0.6 is 0 Å². The summed E-state index contributed by atoms with van der Waals surface area (Å²) in [4.78, 5) is 14.5. The van der Waals surface area contributed by atoms with Crippen molar-refractivity contribution in [3.05, 3.63) is 103 Å². The van der Waals surface area contributed by atoms with E-state index in [0.717, 1.165) is 17.1 Å². The molecule has 2 N–H and O–H groups in total. The monoisotopic (exact) mass is 574 g/mol. The Morgan fingerprint density at radius 2 is 0.854 bits per heavy atom. The van der Waals surface area contributed by atoms with E-state index in [1.165, 1.54) is 36.4 Å². The number of carboxylic acid groups (broad SMARTS) is 1. The van der Waals surface area contributed by atoms with Gasteiger partial charge in [-0.15, -0.1) is 0 Å². The highest BCUT2D eigenvalue weighted by Gasteiger charge is 2.08. The number of azo groups is 2. The SMILES string of the molecule is CN(C)c1ccc(N=Nc2ccc(C(=O)O)cc2)cc1.CN(C)c1ccc(N=Nc2ccc(S(=O)(=O)O)cc2)cc1. The first-order chi connectivity index (χ1) is 19.4. The maximum Gasteiger partial charge on any atom is 0.335 e. The van der Waals surface area contributed by atoms with E-state index in [-0.39, 0.29) is 10.5 Å². The molecule has 0 unspecified atom stereocenters. The number of carboxylic acids is 1. The third-order valence-corrected chi connectivity index (χ3v) is 6.41. The predicted molar refractivity (Wildman–Crippen MR) is 160 cm³/mol. The van der Waals surface area contributed by atoms with Crippen LogP contribution in [0.1, 0.15) is 10.4 Å². The maximum absolute atomic E-state index is 10.9. The summed E-state index contributed by atoms with van der Waals surface area (Å²) >= 11 is 0. The van der Waals surface area contributed by atoms with Crippen molar-refractivity contribution in [3.8, 4) is 0 Å². The summed E-state index contributed by atoms with van der Waals surface area (Å²) in [7, 11) is 3.67. The van der Waals surface area contributed by atoms with Crippen LogP contribution in [0.5, 0.6) is 0 Å². The standard InChI is InChI=1S/C15H15N3O2.C14H15N3O3S/c1-18(2)14-9-7-13(8-10-14)17-16-12-5-3-11(4-6-12)15(19)20;1-17(2)13-7-3-11(4-8-13)15-16-12-5-9-14(10-6-12)21(18,19)20/h3-10H,1-2H3,(H,19,20);3-10H,1-2H3,(H,18,19,20). The summed E-state index contributed by atoms with van der Waals surface area (Å²) in [6, 6.07) is 27.0. The van der Waals surface area contributed by atoms with Crippen molar-refractivity contribution in [2.24, 2.45) is 20.5 Å². The molecule has 0 heterocycles. The van der Waals surface area contributed by atoms with Crippen molar-refractivity contribution in [1.82, 2.24) is 0 Å². The molecule has 0 saturated heterocycles. The van der Waals surface area contributed by atoms with Gasteiger partial charge in [0.15, 0.2) is 0 Å². The first kappa shape index (κ1) is 30.6. The average Bonchev–Trinajstić information content (AvgIpc) is 2.95. The van der Waals surface area contributed by atoms with E-state index in [4.69, 9.17) is 9.66 Å². The second-order valence-corrected chi connectivity index (χ2v) is 10.5. The lowest BCUT2D eigenvalue weighted by molar-refractivity contribution is 0.0697. The Balaban J connectivity index is 0.000000226. The third-order valence-electron chi connectivity index (χ3n) is 5.54. The number of nitrogens with zero attached hydrogens (tertiary/aromatic N) is 6. The Morgan fingerprint density at radius 1 is 0.561 bits per heavy atom. The highest BCUT2D eigenvalue weighted by Crippen LogP contribution is 2.23. The van der Waals surface area contributed by atoms with E-state index < -0.39 is 16.1 Å². The minimum Gasteiger partial charge on any atom is -0.478 e. The number of carbonyl (C=O) groups is 1. The number of hydrogen-bond acceptors (Lipinski definition) is 9. The van der Waals surface area contributed by atoms with Crippen LogP contribution in [0.25, 0.3) is 0 Å². The highest BCUT2D eigenvalue weighted by molar-refractivity contribution is 7.85. The quantitative estimate of drug-likeness (QED) is 0.166. The molecular formula is C29H30N6O5S. The summed E-state index contributed by atoms with van der Waals surface area (Å²) in [5.41, 5.74) is 4.95. The molecule has 11 nitrogen and oxygen atoms in total. The molecule has 12 heteroatoms. The minimum absolute atomic E-state index is 0.170. The topological polar surface area (TPSA) is 148 Å². The normalized spacial score (nSPS) is 11.2. The Labute approximate surface area is 238 Å². The van der Waals surface area contributed by atoms with Gasteiger partial charge in [-0.1, -0.05) is 0 Å². The lowest BCUT2D eigenvalue weighted by Crippen LogP contribution is -2.07. The smallest absolute Gasteiger partial charge is 0.335 e. The molecular weight excluding hydrogens is 544 g/mol.